The molecule has 0 radical (unpaired) electrons. The maximum Gasteiger partial charge on any atom is 0.228 e. The van der Waals surface area contributed by atoms with Crippen molar-refractivity contribution in [3.63, 3.8) is 0 Å². The Hall–Kier alpha value is -1.08. The predicted octanol–water partition coefficient (Wildman–Crippen LogP) is 6.85. The van der Waals surface area contributed by atoms with Crippen LogP contribution in [0.15, 0.2) is 5.16 Å². The maximum atomic E-state index is 4.66. The van der Waals surface area contributed by atoms with Crippen LogP contribution in [-0.2, 0) is 0 Å². The topological polar surface area (TPSA) is 66.0 Å². The third kappa shape index (κ3) is 16.5. The lowest BCUT2D eigenvalue weighted by molar-refractivity contribution is 0.405. The zero-order chi connectivity index (χ0) is 23.3. The number of aromatic nitrogens is 3. The first-order valence-corrected chi connectivity index (χ1v) is 14.2. The van der Waals surface area contributed by atoms with Gasteiger partial charge in [0, 0.05) is 18.8 Å². The Bertz CT molecular complexity index is 555. The lowest BCUT2D eigenvalue weighted by atomic mass is 10.1. The molecule has 0 aliphatic carbocycles. The van der Waals surface area contributed by atoms with Crippen molar-refractivity contribution in [3.8, 4) is 0 Å². The van der Waals surface area contributed by atoms with E-state index in [4.69, 9.17) is 0 Å². The summed E-state index contributed by atoms with van der Waals surface area (Å²) in [6.07, 6.45) is 18.2. The van der Waals surface area contributed by atoms with Gasteiger partial charge in [0.2, 0.25) is 11.9 Å². The minimum atomic E-state index is 0.699. The molecule has 1 rings (SSSR count). The van der Waals surface area contributed by atoms with Crippen LogP contribution in [0.1, 0.15) is 104 Å². The number of hydrogen-bond acceptors (Lipinski definition) is 7. The third-order valence-electron chi connectivity index (χ3n) is 5.47. The highest BCUT2D eigenvalue weighted by molar-refractivity contribution is 7.99. The highest BCUT2D eigenvalue weighted by Gasteiger charge is 2.07. The standard InChI is InChI=1S/C25H50N6S/c1-5-7-9-11-12-13-14-15-16-19-26-23-28-24(27-20-18-21-31(3)4)30-25(29-23)32-22-17-10-8-6-2/h5-22H2,1-4H3,(H2,26,27,28,29,30). The molecular weight excluding hydrogens is 416 g/mol. The van der Waals surface area contributed by atoms with Gasteiger partial charge in [0.25, 0.3) is 0 Å². The number of anilines is 2. The molecule has 0 atom stereocenters. The van der Waals surface area contributed by atoms with Crippen molar-refractivity contribution in [2.75, 3.05) is 50.1 Å². The summed E-state index contributed by atoms with van der Waals surface area (Å²) in [5, 5.41) is 7.66. The normalized spacial score (nSPS) is 11.3. The molecule has 0 aliphatic heterocycles. The molecule has 0 amide bonds. The maximum absolute atomic E-state index is 4.66. The van der Waals surface area contributed by atoms with Crippen LogP contribution in [0.4, 0.5) is 11.9 Å². The third-order valence-corrected chi connectivity index (χ3v) is 6.41. The number of nitrogens with zero attached hydrogens (tertiary/aromatic N) is 4. The van der Waals surface area contributed by atoms with E-state index in [2.05, 4.69) is 58.4 Å². The highest BCUT2D eigenvalue weighted by Crippen LogP contribution is 2.19. The molecule has 0 saturated heterocycles. The van der Waals surface area contributed by atoms with Crippen LogP contribution in [0.25, 0.3) is 0 Å². The fraction of sp³-hybridized carbons (Fsp3) is 0.880. The number of nitrogens with one attached hydrogen (secondary N) is 2. The molecule has 2 N–H and O–H groups in total. The molecule has 1 heterocycles. The Kier molecular flexibility index (Phi) is 18.6. The van der Waals surface area contributed by atoms with Gasteiger partial charge in [-0.05, 0) is 39.9 Å². The summed E-state index contributed by atoms with van der Waals surface area (Å²) in [7, 11) is 4.20. The summed E-state index contributed by atoms with van der Waals surface area (Å²) >= 11 is 1.75. The summed E-state index contributed by atoms with van der Waals surface area (Å²) in [6, 6.07) is 0. The highest BCUT2D eigenvalue weighted by atomic mass is 32.2. The molecule has 0 saturated carbocycles. The van der Waals surface area contributed by atoms with E-state index in [0.717, 1.165) is 37.0 Å². The van der Waals surface area contributed by atoms with E-state index in [9.17, 15) is 0 Å². The largest absolute Gasteiger partial charge is 0.354 e. The zero-order valence-electron chi connectivity index (χ0n) is 21.4. The van der Waals surface area contributed by atoms with E-state index >= 15 is 0 Å². The summed E-state index contributed by atoms with van der Waals surface area (Å²) < 4.78 is 0. The van der Waals surface area contributed by atoms with E-state index in [0.29, 0.717) is 11.9 Å². The Labute approximate surface area is 202 Å². The second-order valence-electron chi connectivity index (χ2n) is 9.01. The van der Waals surface area contributed by atoms with Crippen LogP contribution in [-0.4, -0.2) is 59.3 Å². The van der Waals surface area contributed by atoms with Crippen LogP contribution < -0.4 is 10.6 Å². The number of unbranched alkanes of at least 4 members (excludes halogenated alkanes) is 11. The van der Waals surface area contributed by atoms with Crippen molar-refractivity contribution in [1.82, 2.24) is 19.9 Å². The Morgan fingerprint density at radius 3 is 1.69 bits per heavy atom. The molecule has 1 aromatic heterocycles. The first-order chi connectivity index (χ1) is 15.7. The molecule has 0 aliphatic rings. The van der Waals surface area contributed by atoms with E-state index in [1.807, 2.05) is 0 Å². The summed E-state index contributed by atoms with van der Waals surface area (Å²) in [4.78, 5) is 16.1. The van der Waals surface area contributed by atoms with Crippen molar-refractivity contribution in [1.29, 1.82) is 0 Å². The lowest BCUT2D eigenvalue weighted by Gasteiger charge is -2.12. The Balaban J connectivity index is 2.39. The number of thioether (sulfide) groups is 1. The van der Waals surface area contributed by atoms with Crippen LogP contribution in [0, 0.1) is 0 Å². The van der Waals surface area contributed by atoms with Crippen LogP contribution in [0.2, 0.25) is 0 Å². The van der Waals surface area contributed by atoms with Crippen molar-refractivity contribution in [2.24, 2.45) is 0 Å². The van der Waals surface area contributed by atoms with Gasteiger partial charge < -0.3 is 15.5 Å². The van der Waals surface area contributed by atoms with Gasteiger partial charge in [-0.1, -0.05) is 96.2 Å². The number of hydrogen-bond donors (Lipinski definition) is 2. The molecule has 186 valence electrons. The van der Waals surface area contributed by atoms with Crippen molar-refractivity contribution >= 4 is 23.7 Å². The molecule has 6 nitrogen and oxygen atoms in total. The minimum absolute atomic E-state index is 0.699. The second kappa shape index (κ2) is 20.5. The minimum Gasteiger partial charge on any atom is -0.354 e. The molecule has 7 heteroatoms. The van der Waals surface area contributed by atoms with E-state index in [-0.39, 0.29) is 0 Å². The van der Waals surface area contributed by atoms with Crippen molar-refractivity contribution in [2.45, 2.75) is 109 Å². The van der Waals surface area contributed by atoms with Gasteiger partial charge in [-0.2, -0.15) is 15.0 Å². The monoisotopic (exact) mass is 466 g/mol. The van der Waals surface area contributed by atoms with Crippen LogP contribution in [0.3, 0.4) is 0 Å². The van der Waals surface area contributed by atoms with E-state index < -0.39 is 0 Å². The quantitative estimate of drug-likeness (QED) is 0.143. The van der Waals surface area contributed by atoms with Crippen LogP contribution >= 0.6 is 11.8 Å². The van der Waals surface area contributed by atoms with Crippen molar-refractivity contribution < 1.29 is 0 Å². The summed E-state index contributed by atoms with van der Waals surface area (Å²) in [5.41, 5.74) is 0. The molecule has 0 bridgehead atoms. The van der Waals surface area contributed by atoms with Gasteiger partial charge in [-0.15, -0.1) is 0 Å². The fourth-order valence-corrected chi connectivity index (χ4v) is 4.34. The van der Waals surface area contributed by atoms with Gasteiger partial charge >= 0.3 is 0 Å². The van der Waals surface area contributed by atoms with Gasteiger partial charge in [-0.3, -0.25) is 0 Å². The summed E-state index contributed by atoms with van der Waals surface area (Å²) in [6.45, 7) is 7.39. The smallest absolute Gasteiger partial charge is 0.228 e. The van der Waals surface area contributed by atoms with Gasteiger partial charge in [0.05, 0.1) is 0 Å². The van der Waals surface area contributed by atoms with Gasteiger partial charge in [0.1, 0.15) is 0 Å². The van der Waals surface area contributed by atoms with Gasteiger partial charge in [0.15, 0.2) is 5.16 Å². The van der Waals surface area contributed by atoms with Crippen LogP contribution in [0.5, 0.6) is 0 Å². The zero-order valence-corrected chi connectivity index (χ0v) is 22.2. The van der Waals surface area contributed by atoms with Gasteiger partial charge in [-0.25, -0.2) is 0 Å². The van der Waals surface area contributed by atoms with E-state index in [1.165, 1.54) is 83.5 Å². The Morgan fingerprint density at radius 1 is 0.625 bits per heavy atom. The van der Waals surface area contributed by atoms with Crippen molar-refractivity contribution in [3.05, 3.63) is 0 Å². The molecule has 1 aromatic rings. The predicted molar refractivity (Wildman–Crippen MR) is 142 cm³/mol. The first-order valence-electron chi connectivity index (χ1n) is 13.2. The average Bonchev–Trinajstić information content (AvgIpc) is 2.78. The number of rotatable bonds is 22. The SMILES string of the molecule is CCCCCCCCCCCNc1nc(NCCCN(C)C)nc(SCCCCCC)n1. The molecule has 32 heavy (non-hydrogen) atoms. The summed E-state index contributed by atoms with van der Waals surface area (Å²) in [5.74, 6) is 2.48. The Morgan fingerprint density at radius 2 is 1.12 bits per heavy atom. The molecule has 0 aromatic carbocycles. The molecule has 0 spiro atoms. The average molecular weight is 467 g/mol. The first kappa shape index (κ1) is 29.0. The lowest BCUT2D eigenvalue weighted by Crippen LogP contribution is -2.17. The molecular formula is C25H50N6S. The van der Waals surface area contributed by atoms with E-state index in [1.54, 1.807) is 11.8 Å². The fourth-order valence-electron chi connectivity index (χ4n) is 3.50. The molecule has 0 unspecified atom stereocenters. The second-order valence-corrected chi connectivity index (χ2v) is 10.1. The molecule has 0 fully saturated rings.